The van der Waals surface area contributed by atoms with Crippen molar-refractivity contribution in [2.24, 2.45) is 5.92 Å². The lowest BCUT2D eigenvalue weighted by atomic mass is 10.3. The van der Waals surface area contributed by atoms with Crippen LogP contribution < -0.4 is 5.32 Å². The van der Waals surface area contributed by atoms with Crippen LogP contribution >= 0.6 is 0 Å². The van der Waals surface area contributed by atoms with E-state index in [9.17, 15) is 9.59 Å². The van der Waals surface area contributed by atoms with Gasteiger partial charge in [0, 0.05) is 13.1 Å². The van der Waals surface area contributed by atoms with Gasteiger partial charge in [0.15, 0.2) is 0 Å². The van der Waals surface area contributed by atoms with Crippen LogP contribution in [-0.2, 0) is 9.59 Å². The van der Waals surface area contributed by atoms with E-state index < -0.39 is 5.97 Å². The Morgan fingerprint density at radius 1 is 1.40 bits per heavy atom. The molecule has 2 N–H and O–H groups in total. The number of nitrogens with one attached hydrogen (secondary N) is 1. The van der Waals surface area contributed by atoms with Crippen molar-refractivity contribution < 1.29 is 14.7 Å². The van der Waals surface area contributed by atoms with Gasteiger partial charge in [0.25, 0.3) is 0 Å². The zero-order valence-corrected chi connectivity index (χ0v) is 9.03. The second-order valence-corrected chi connectivity index (χ2v) is 3.96. The van der Waals surface area contributed by atoms with Crippen LogP contribution in [0, 0.1) is 5.92 Å². The third-order valence-corrected chi connectivity index (χ3v) is 2.31. The Bertz CT molecular complexity index is 239. The quantitative estimate of drug-likeness (QED) is 0.622. The monoisotopic (exact) mass is 214 g/mol. The number of hydrogen-bond acceptors (Lipinski definition) is 3. The summed E-state index contributed by atoms with van der Waals surface area (Å²) in [4.78, 5) is 23.6. The van der Waals surface area contributed by atoms with Crippen molar-refractivity contribution in [3.05, 3.63) is 0 Å². The molecule has 0 aliphatic heterocycles. The summed E-state index contributed by atoms with van der Waals surface area (Å²) in [6.07, 6.45) is 2.32. The largest absolute Gasteiger partial charge is 0.480 e. The molecule has 0 unspecified atom stereocenters. The van der Waals surface area contributed by atoms with Crippen LogP contribution in [0.5, 0.6) is 0 Å². The first kappa shape index (κ1) is 12.0. The van der Waals surface area contributed by atoms with E-state index >= 15 is 0 Å². The van der Waals surface area contributed by atoms with Crippen LogP contribution in [0.25, 0.3) is 0 Å². The van der Waals surface area contributed by atoms with Gasteiger partial charge in [0.1, 0.15) is 0 Å². The highest BCUT2D eigenvalue weighted by Gasteiger charge is 2.26. The van der Waals surface area contributed by atoms with Crippen molar-refractivity contribution in [1.29, 1.82) is 0 Å². The Morgan fingerprint density at radius 2 is 2.07 bits per heavy atom. The number of rotatable bonds is 7. The maximum Gasteiger partial charge on any atom is 0.317 e. The van der Waals surface area contributed by atoms with E-state index in [1.54, 1.807) is 4.90 Å². The van der Waals surface area contributed by atoms with E-state index in [0.717, 1.165) is 19.4 Å². The van der Waals surface area contributed by atoms with Crippen LogP contribution in [-0.4, -0.2) is 48.1 Å². The van der Waals surface area contributed by atoms with E-state index in [-0.39, 0.29) is 19.0 Å². The SMILES string of the molecule is CCNC(=O)CN(CC(=O)O)CC1CC1. The molecule has 0 atom stereocenters. The number of amides is 1. The topological polar surface area (TPSA) is 69.6 Å². The molecule has 0 bridgehead atoms. The van der Waals surface area contributed by atoms with Crippen LogP contribution in [0.1, 0.15) is 19.8 Å². The lowest BCUT2D eigenvalue weighted by Gasteiger charge is -2.18. The molecule has 0 aromatic heterocycles. The van der Waals surface area contributed by atoms with Gasteiger partial charge in [-0.15, -0.1) is 0 Å². The van der Waals surface area contributed by atoms with Crippen molar-refractivity contribution in [3.8, 4) is 0 Å². The van der Waals surface area contributed by atoms with Gasteiger partial charge < -0.3 is 10.4 Å². The maximum atomic E-state index is 11.3. The Kier molecular flexibility index (Phi) is 4.55. The second kappa shape index (κ2) is 5.70. The van der Waals surface area contributed by atoms with Gasteiger partial charge in [-0.3, -0.25) is 14.5 Å². The molecule has 15 heavy (non-hydrogen) atoms. The van der Waals surface area contributed by atoms with E-state index in [4.69, 9.17) is 5.11 Å². The highest BCUT2D eigenvalue weighted by Crippen LogP contribution is 2.29. The van der Waals surface area contributed by atoms with Gasteiger partial charge >= 0.3 is 5.97 Å². The summed E-state index contributed by atoms with van der Waals surface area (Å²) in [7, 11) is 0. The number of likely N-dealkylation sites (N-methyl/N-ethyl adjacent to an activating group) is 1. The predicted octanol–water partition coefficient (Wildman–Crippen LogP) is -0.0809. The maximum absolute atomic E-state index is 11.3. The third-order valence-electron chi connectivity index (χ3n) is 2.31. The van der Waals surface area contributed by atoms with Crippen LogP contribution in [0.2, 0.25) is 0 Å². The molecular formula is C10H18N2O3. The third kappa shape index (κ3) is 5.37. The lowest BCUT2D eigenvalue weighted by molar-refractivity contribution is -0.138. The average molecular weight is 214 g/mol. The van der Waals surface area contributed by atoms with E-state index in [0.29, 0.717) is 12.5 Å². The number of hydrogen-bond donors (Lipinski definition) is 2. The summed E-state index contributed by atoms with van der Waals surface area (Å²) < 4.78 is 0. The van der Waals surface area contributed by atoms with Gasteiger partial charge in [0.05, 0.1) is 13.1 Å². The molecule has 0 aromatic carbocycles. The Morgan fingerprint density at radius 3 is 2.53 bits per heavy atom. The molecule has 1 aliphatic carbocycles. The van der Waals surface area contributed by atoms with Gasteiger partial charge in [-0.25, -0.2) is 0 Å². The fourth-order valence-corrected chi connectivity index (χ4v) is 1.50. The molecule has 1 saturated carbocycles. The van der Waals surface area contributed by atoms with Gasteiger partial charge in [-0.2, -0.15) is 0 Å². The van der Waals surface area contributed by atoms with Crippen molar-refractivity contribution in [2.45, 2.75) is 19.8 Å². The predicted molar refractivity (Wildman–Crippen MR) is 55.5 cm³/mol. The zero-order valence-electron chi connectivity index (χ0n) is 9.03. The molecule has 5 nitrogen and oxygen atoms in total. The molecule has 1 amide bonds. The number of aliphatic carboxylic acids is 1. The van der Waals surface area contributed by atoms with E-state index in [1.807, 2.05) is 6.92 Å². The van der Waals surface area contributed by atoms with Crippen LogP contribution in [0.4, 0.5) is 0 Å². The minimum atomic E-state index is -0.875. The first-order valence-corrected chi connectivity index (χ1v) is 5.32. The first-order valence-electron chi connectivity index (χ1n) is 5.32. The molecule has 0 saturated heterocycles. The molecule has 0 aromatic rings. The lowest BCUT2D eigenvalue weighted by Crippen LogP contribution is -2.40. The first-order chi connectivity index (χ1) is 7.11. The Hall–Kier alpha value is -1.10. The fourth-order valence-electron chi connectivity index (χ4n) is 1.50. The summed E-state index contributed by atoms with van der Waals surface area (Å²) >= 11 is 0. The molecule has 1 aliphatic rings. The van der Waals surface area contributed by atoms with Crippen LogP contribution in [0.15, 0.2) is 0 Å². The van der Waals surface area contributed by atoms with Crippen molar-refractivity contribution in [2.75, 3.05) is 26.2 Å². The molecule has 1 fully saturated rings. The van der Waals surface area contributed by atoms with Crippen molar-refractivity contribution in [3.63, 3.8) is 0 Å². The molecule has 86 valence electrons. The highest BCUT2D eigenvalue weighted by molar-refractivity contribution is 5.78. The summed E-state index contributed by atoms with van der Waals surface area (Å²) in [6.45, 7) is 3.30. The number of carbonyl (C=O) groups is 2. The Balaban J connectivity index is 2.32. The Labute approximate surface area is 89.4 Å². The standard InChI is InChI=1S/C10H18N2O3/c1-2-11-9(13)6-12(7-10(14)15)5-8-3-4-8/h8H,2-7H2,1H3,(H,11,13)(H,14,15). The number of carboxylic acid groups (broad SMARTS) is 1. The highest BCUT2D eigenvalue weighted by atomic mass is 16.4. The molecule has 5 heteroatoms. The minimum Gasteiger partial charge on any atom is -0.480 e. The summed E-state index contributed by atoms with van der Waals surface area (Å²) in [5.41, 5.74) is 0. The van der Waals surface area contributed by atoms with Gasteiger partial charge in [-0.1, -0.05) is 0 Å². The molecule has 0 heterocycles. The summed E-state index contributed by atoms with van der Waals surface area (Å²) in [5.74, 6) is -0.377. The molecular weight excluding hydrogens is 196 g/mol. The second-order valence-electron chi connectivity index (χ2n) is 3.96. The number of carboxylic acids is 1. The number of carbonyl (C=O) groups excluding carboxylic acids is 1. The molecule has 1 rings (SSSR count). The smallest absolute Gasteiger partial charge is 0.317 e. The van der Waals surface area contributed by atoms with Crippen molar-refractivity contribution >= 4 is 11.9 Å². The molecule has 0 spiro atoms. The van der Waals surface area contributed by atoms with Crippen LogP contribution in [0.3, 0.4) is 0 Å². The fraction of sp³-hybridized carbons (Fsp3) is 0.800. The van der Waals surface area contributed by atoms with E-state index in [1.165, 1.54) is 0 Å². The van der Waals surface area contributed by atoms with Crippen molar-refractivity contribution in [1.82, 2.24) is 10.2 Å². The minimum absolute atomic E-state index is 0.0480. The average Bonchev–Trinajstić information content (AvgIpc) is 2.86. The summed E-state index contributed by atoms with van der Waals surface area (Å²) in [6, 6.07) is 0. The normalized spacial score (nSPS) is 15.3. The van der Waals surface area contributed by atoms with Gasteiger partial charge in [-0.05, 0) is 25.7 Å². The zero-order chi connectivity index (χ0) is 11.3. The molecule has 0 radical (unpaired) electrons. The van der Waals surface area contributed by atoms with Gasteiger partial charge in [0.2, 0.25) is 5.91 Å². The number of nitrogens with zero attached hydrogens (tertiary/aromatic N) is 1. The summed E-state index contributed by atoms with van der Waals surface area (Å²) in [5, 5.41) is 11.4. The van der Waals surface area contributed by atoms with E-state index in [2.05, 4.69) is 5.32 Å².